The van der Waals surface area contributed by atoms with Gasteiger partial charge in [0.2, 0.25) is 0 Å². The van der Waals surface area contributed by atoms with Gasteiger partial charge in [0.1, 0.15) is 11.3 Å². The number of hydrogen-bond acceptors (Lipinski definition) is 6. The third-order valence-electron chi connectivity index (χ3n) is 4.15. The largest absolute Gasteiger partial charge is 0.496 e. The van der Waals surface area contributed by atoms with E-state index >= 15 is 0 Å². The van der Waals surface area contributed by atoms with Crippen molar-refractivity contribution in [2.75, 3.05) is 26.2 Å². The Kier molecular flexibility index (Phi) is 5.30. The average molecular weight is 382 g/mol. The van der Waals surface area contributed by atoms with Crippen molar-refractivity contribution >= 4 is 29.6 Å². The van der Waals surface area contributed by atoms with Crippen molar-refractivity contribution in [2.24, 2.45) is 0 Å². The van der Waals surface area contributed by atoms with Crippen LogP contribution in [0.3, 0.4) is 0 Å². The fraction of sp³-hybridized carbons (Fsp3) is 0.150. The number of para-hydroxylation sites is 1. The van der Waals surface area contributed by atoms with Gasteiger partial charge in [-0.1, -0.05) is 18.2 Å². The predicted octanol–water partition coefficient (Wildman–Crippen LogP) is 2.38. The molecule has 0 saturated carbocycles. The maximum absolute atomic E-state index is 12.9. The Balaban J connectivity index is 2.09. The molecule has 8 heteroatoms. The van der Waals surface area contributed by atoms with Gasteiger partial charge < -0.3 is 14.2 Å². The van der Waals surface area contributed by atoms with Crippen LogP contribution in [-0.4, -0.2) is 39.2 Å². The lowest BCUT2D eigenvalue weighted by molar-refractivity contribution is -0.122. The fourth-order valence-electron chi connectivity index (χ4n) is 2.79. The van der Waals surface area contributed by atoms with E-state index in [1.165, 1.54) is 27.4 Å². The SMILES string of the molecule is COc1cc(OC)c(OC)cc1/C=C1/C(=O)NC(=O)N(c2ccccc2)C1=O. The second kappa shape index (κ2) is 7.83. The minimum atomic E-state index is -0.808. The highest BCUT2D eigenvalue weighted by Gasteiger charge is 2.37. The minimum Gasteiger partial charge on any atom is -0.496 e. The molecule has 2 aromatic rings. The zero-order chi connectivity index (χ0) is 20.3. The number of rotatable bonds is 5. The van der Waals surface area contributed by atoms with Gasteiger partial charge in [-0.3, -0.25) is 14.9 Å². The van der Waals surface area contributed by atoms with Crippen LogP contribution in [0.25, 0.3) is 6.08 Å². The zero-order valence-electron chi connectivity index (χ0n) is 15.5. The fourth-order valence-corrected chi connectivity index (χ4v) is 2.79. The Morgan fingerprint density at radius 2 is 1.46 bits per heavy atom. The third-order valence-corrected chi connectivity index (χ3v) is 4.15. The number of amides is 4. The summed E-state index contributed by atoms with van der Waals surface area (Å²) in [6.45, 7) is 0. The summed E-state index contributed by atoms with van der Waals surface area (Å²) in [5, 5.41) is 2.18. The molecule has 1 aliphatic rings. The number of nitrogens with one attached hydrogen (secondary N) is 1. The Labute approximate surface area is 161 Å². The summed E-state index contributed by atoms with van der Waals surface area (Å²) in [6, 6.07) is 10.7. The molecule has 1 saturated heterocycles. The van der Waals surface area contributed by atoms with Gasteiger partial charge in [0.15, 0.2) is 11.5 Å². The number of anilines is 1. The maximum Gasteiger partial charge on any atom is 0.335 e. The number of ether oxygens (including phenoxy) is 3. The molecule has 2 aromatic carbocycles. The van der Waals surface area contributed by atoms with E-state index < -0.39 is 17.8 Å². The van der Waals surface area contributed by atoms with Gasteiger partial charge in [0.05, 0.1) is 27.0 Å². The van der Waals surface area contributed by atoms with E-state index in [1.54, 1.807) is 42.5 Å². The Hall–Kier alpha value is -3.81. The topological polar surface area (TPSA) is 94.2 Å². The number of benzene rings is 2. The number of hydrogen-bond donors (Lipinski definition) is 1. The van der Waals surface area contributed by atoms with Crippen LogP contribution in [0.2, 0.25) is 0 Å². The molecule has 0 radical (unpaired) electrons. The Bertz CT molecular complexity index is 968. The first kappa shape index (κ1) is 19.0. The van der Waals surface area contributed by atoms with Gasteiger partial charge in [-0.15, -0.1) is 0 Å². The highest BCUT2D eigenvalue weighted by molar-refractivity contribution is 6.39. The van der Waals surface area contributed by atoms with Crippen LogP contribution >= 0.6 is 0 Å². The van der Waals surface area contributed by atoms with Gasteiger partial charge in [0.25, 0.3) is 11.8 Å². The summed E-state index contributed by atoms with van der Waals surface area (Å²) in [6.07, 6.45) is 1.35. The molecule has 1 aliphatic heterocycles. The van der Waals surface area contributed by atoms with Crippen molar-refractivity contribution < 1.29 is 28.6 Å². The summed E-state index contributed by atoms with van der Waals surface area (Å²) < 4.78 is 15.8. The first-order valence-electron chi connectivity index (χ1n) is 8.26. The van der Waals surface area contributed by atoms with E-state index in [0.717, 1.165) is 4.90 Å². The molecular formula is C20H18N2O6. The Morgan fingerprint density at radius 3 is 2.07 bits per heavy atom. The molecule has 0 bridgehead atoms. The van der Waals surface area contributed by atoms with E-state index in [9.17, 15) is 14.4 Å². The van der Waals surface area contributed by atoms with Gasteiger partial charge in [-0.25, -0.2) is 9.69 Å². The van der Waals surface area contributed by atoms with E-state index in [0.29, 0.717) is 28.5 Å². The number of carbonyl (C=O) groups is 3. The molecule has 0 aliphatic carbocycles. The highest BCUT2D eigenvalue weighted by Crippen LogP contribution is 2.36. The van der Waals surface area contributed by atoms with Gasteiger partial charge >= 0.3 is 6.03 Å². The number of methoxy groups -OCH3 is 3. The van der Waals surface area contributed by atoms with Crippen LogP contribution in [0.1, 0.15) is 5.56 Å². The van der Waals surface area contributed by atoms with Crippen LogP contribution in [0.15, 0.2) is 48.0 Å². The standard InChI is InChI=1S/C20H18N2O6/c1-26-15-11-17(28-3)16(27-2)10-12(15)9-14-18(23)21-20(25)22(19(14)24)13-7-5-4-6-8-13/h4-11H,1-3H3,(H,21,23,25)/b14-9-. The summed E-state index contributed by atoms with van der Waals surface area (Å²) in [7, 11) is 4.40. The van der Waals surface area contributed by atoms with Gasteiger partial charge in [0, 0.05) is 11.6 Å². The van der Waals surface area contributed by atoms with Crippen LogP contribution in [0.5, 0.6) is 17.2 Å². The third kappa shape index (κ3) is 3.39. The molecule has 1 N–H and O–H groups in total. The summed E-state index contributed by atoms with van der Waals surface area (Å²) in [5.74, 6) is -0.332. The predicted molar refractivity (Wildman–Crippen MR) is 102 cm³/mol. The Morgan fingerprint density at radius 1 is 0.857 bits per heavy atom. The molecule has 4 amide bonds. The molecule has 8 nitrogen and oxygen atoms in total. The molecule has 0 aromatic heterocycles. The van der Waals surface area contributed by atoms with Crippen molar-refractivity contribution in [2.45, 2.75) is 0 Å². The van der Waals surface area contributed by atoms with Gasteiger partial charge in [-0.2, -0.15) is 0 Å². The van der Waals surface area contributed by atoms with Crippen molar-refractivity contribution in [3.05, 3.63) is 53.6 Å². The summed E-state index contributed by atoms with van der Waals surface area (Å²) in [4.78, 5) is 38.3. The van der Waals surface area contributed by atoms with E-state index in [1.807, 2.05) is 0 Å². The number of carbonyl (C=O) groups excluding carboxylic acids is 3. The van der Waals surface area contributed by atoms with Crippen molar-refractivity contribution in [3.8, 4) is 17.2 Å². The van der Waals surface area contributed by atoms with E-state index in [4.69, 9.17) is 14.2 Å². The van der Waals surface area contributed by atoms with Crippen molar-refractivity contribution in [1.82, 2.24) is 5.32 Å². The van der Waals surface area contributed by atoms with Crippen LogP contribution < -0.4 is 24.4 Å². The molecule has 0 unspecified atom stereocenters. The molecule has 144 valence electrons. The lowest BCUT2D eigenvalue weighted by atomic mass is 10.1. The number of imide groups is 2. The summed E-state index contributed by atoms with van der Waals surface area (Å²) in [5.41, 5.74) is 0.553. The average Bonchev–Trinajstić information content (AvgIpc) is 2.71. The normalized spacial score (nSPS) is 15.5. The van der Waals surface area contributed by atoms with E-state index in [2.05, 4.69) is 5.32 Å². The molecule has 0 spiro atoms. The number of urea groups is 1. The van der Waals surface area contributed by atoms with Crippen molar-refractivity contribution in [3.63, 3.8) is 0 Å². The van der Waals surface area contributed by atoms with Crippen molar-refractivity contribution in [1.29, 1.82) is 0 Å². The van der Waals surface area contributed by atoms with Crippen LogP contribution in [0.4, 0.5) is 10.5 Å². The monoisotopic (exact) mass is 382 g/mol. The summed E-state index contributed by atoms with van der Waals surface area (Å²) >= 11 is 0. The second-order valence-corrected chi connectivity index (χ2v) is 5.74. The molecule has 0 atom stereocenters. The number of barbiturate groups is 1. The van der Waals surface area contributed by atoms with Gasteiger partial charge in [-0.05, 0) is 24.3 Å². The first-order valence-corrected chi connectivity index (χ1v) is 8.26. The molecular weight excluding hydrogens is 364 g/mol. The van der Waals surface area contributed by atoms with Crippen LogP contribution in [0, 0.1) is 0 Å². The molecule has 3 rings (SSSR count). The minimum absolute atomic E-state index is 0.214. The highest BCUT2D eigenvalue weighted by atomic mass is 16.5. The lowest BCUT2D eigenvalue weighted by Gasteiger charge is -2.26. The molecule has 1 heterocycles. The van der Waals surface area contributed by atoms with E-state index in [-0.39, 0.29) is 5.57 Å². The number of nitrogens with zero attached hydrogens (tertiary/aromatic N) is 1. The van der Waals surface area contributed by atoms with Crippen LogP contribution in [-0.2, 0) is 9.59 Å². The second-order valence-electron chi connectivity index (χ2n) is 5.74. The lowest BCUT2D eigenvalue weighted by Crippen LogP contribution is -2.54. The first-order chi connectivity index (χ1) is 13.5. The molecule has 1 fully saturated rings. The maximum atomic E-state index is 12.9. The zero-order valence-corrected chi connectivity index (χ0v) is 15.5. The quantitative estimate of drug-likeness (QED) is 0.630. The smallest absolute Gasteiger partial charge is 0.335 e. The molecule has 28 heavy (non-hydrogen) atoms.